The molecule has 4 aromatic rings. The summed E-state index contributed by atoms with van der Waals surface area (Å²) in [5, 5.41) is 8.01. The Morgan fingerprint density at radius 1 is 1.13 bits per heavy atom. The molecule has 13 heteroatoms. The van der Waals surface area contributed by atoms with Crippen molar-refractivity contribution in [3.05, 3.63) is 71.3 Å². The summed E-state index contributed by atoms with van der Waals surface area (Å²) in [5.41, 5.74) is 2.69. The number of carbonyl (C=O) groups is 1. The number of carbonyl (C=O) groups excluding carboxylic acids is 1. The zero-order valence-corrected chi connectivity index (χ0v) is 26.9. The van der Waals surface area contributed by atoms with Crippen LogP contribution in [0.2, 0.25) is 5.02 Å². The molecule has 3 N–H and O–H groups in total. The Bertz CT molecular complexity index is 1900. The Labute approximate surface area is 266 Å². The number of benzene rings is 2. The van der Waals surface area contributed by atoms with Crippen molar-refractivity contribution in [1.82, 2.24) is 15.3 Å². The van der Waals surface area contributed by atoms with Crippen molar-refractivity contribution in [3.63, 3.8) is 0 Å². The maximum absolute atomic E-state index is 15.7. The fourth-order valence-corrected chi connectivity index (χ4v) is 6.92. The fourth-order valence-electron chi connectivity index (χ4n) is 6.25. The van der Waals surface area contributed by atoms with E-state index in [1.807, 2.05) is 38.1 Å². The number of hydrogen-bond acceptors (Lipinski definition) is 8. The number of hydrogen-bond donors (Lipinski definition) is 3. The molecule has 236 valence electrons. The molecular weight excluding hydrogens is 619 g/mol. The van der Waals surface area contributed by atoms with Crippen LogP contribution in [0.3, 0.4) is 0 Å². The molecule has 1 spiro atoms. The van der Waals surface area contributed by atoms with Gasteiger partial charge in [-0.1, -0.05) is 25.4 Å². The number of ether oxygens (including phenoxy) is 1. The summed E-state index contributed by atoms with van der Waals surface area (Å²) >= 11 is 6.04. The summed E-state index contributed by atoms with van der Waals surface area (Å²) in [6.45, 7) is 4.79. The van der Waals surface area contributed by atoms with Gasteiger partial charge in [-0.2, -0.15) is 0 Å². The molecule has 2 aliphatic rings. The third kappa shape index (κ3) is 6.01. The van der Waals surface area contributed by atoms with Gasteiger partial charge in [-0.05, 0) is 49.2 Å². The highest BCUT2D eigenvalue weighted by Crippen LogP contribution is 2.56. The second kappa shape index (κ2) is 11.7. The largest absolute Gasteiger partial charge is 0.475 e. The van der Waals surface area contributed by atoms with Crippen molar-refractivity contribution in [2.75, 3.05) is 41.4 Å². The van der Waals surface area contributed by atoms with Gasteiger partial charge in [0, 0.05) is 70.7 Å². The maximum atomic E-state index is 15.7. The third-order valence-electron chi connectivity index (χ3n) is 8.25. The number of sulfonamides is 1. The van der Waals surface area contributed by atoms with Gasteiger partial charge in [0.15, 0.2) is 0 Å². The van der Waals surface area contributed by atoms with Crippen LogP contribution >= 0.6 is 11.6 Å². The molecule has 3 heterocycles. The maximum Gasteiger partial charge on any atom is 0.238 e. The van der Waals surface area contributed by atoms with Crippen LogP contribution < -0.4 is 25.0 Å². The molecule has 45 heavy (non-hydrogen) atoms. The highest BCUT2D eigenvalue weighted by molar-refractivity contribution is 7.92. The van der Waals surface area contributed by atoms with Crippen molar-refractivity contribution < 1.29 is 22.3 Å². The molecular formula is C32H34ClFN6O4S. The average molecular weight is 653 g/mol. The molecule has 0 bridgehead atoms. The van der Waals surface area contributed by atoms with E-state index >= 15 is 4.39 Å². The molecule has 1 aliphatic carbocycles. The summed E-state index contributed by atoms with van der Waals surface area (Å²) in [6.07, 6.45) is 5.20. The van der Waals surface area contributed by atoms with E-state index < -0.39 is 21.3 Å². The molecule has 0 atom stereocenters. The first kappa shape index (κ1) is 31.0. The number of nitrogens with zero attached hydrogens (tertiary/aromatic N) is 3. The van der Waals surface area contributed by atoms with Gasteiger partial charge in [0.1, 0.15) is 18.1 Å². The molecule has 0 radical (unpaired) electrons. The van der Waals surface area contributed by atoms with Gasteiger partial charge in [-0.3, -0.25) is 14.5 Å². The summed E-state index contributed by atoms with van der Waals surface area (Å²) in [7, 11) is -1.96. The highest BCUT2D eigenvalue weighted by atomic mass is 35.5. The number of fused-ring (bicyclic) bond motifs is 4. The van der Waals surface area contributed by atoms with Crippen molar-refractivity contribution in [1.29, 1.82) is 0 Å². The Hall–Kier alpha value is -4.00. The van der Waals surface area contributed by atoms with Crippen molar-refractivity contribution in [2.45, 2.75) is 44.2 Å². The van der Waals surface area contributed by atoms with Crippen LogP contribution in [-0.2, 0) is 20.2 Å². The Balaban J connectivity index is 1.37. The first-order chi connectivity index (χ1) is 21.3. The summed E-state index contributed by atoms with van der Waals surface area (Å²) < 4.78 is 48.2. The molecule has 1 amide bonds. The van der Waals surface area contributed by atoms with Crippen LogP contribution in [0, 0.1) is 5.82 Å². The van der Waals surface area contributed by atoms with Gasteiger partial charge in [-0.25, -0.2) is 17.8 Å². The van der Waals surface area contributed by atoms with Gasteiger partial charge >= 0.3 is 0 Å². The number of aromatic nitrogens is 2. The van der Waals surface area contributed by atoms with Gasteiger partial charge in [0.05, 0.1) is 29.1 Å². The SMILES string of the molecule is CC(C)NCCOc1ncc(-c2cc3c4c(cnc3cc2F)N(C)C(=O)C42CC(Nc3ccc(Cl)cc3)C2)cc1NS(C)(=O)=O. The van der Waals surface area contributed by atoms with Crippen molar-refractivity contribution in [3.8, 4) is 17.0 Å². The van der Waals surface area contributed by atoms with E-state index in [-0.39, 0.29) is 41.7 Å². The molecule has 2 aromatic heterocycles. The Kier molecular flexibility index (Phi) is 8.09. The summed E-state index contributed by atoms with van der Waals surface area (Å²) in [5.74, 6) is -0.501. The number of anilines is 3. The smallest absolute Gasteiger partial charge is 0.238 e. The monoisotopic (exact) mass is 652 g/mol. The van der Waals surface area contributed by atoms with Gasteiger partial charge in [-0.15, -0.1) is 0 Å². The molecule has 10 nitrogen and oxygen atoms in total. The second-order valence-electron chi connectivity index (χ2n) is 12.0. The molecule has 1 fully saturated rings. The second-order valence-corrected chi connectivity index (χ2v) is 14.2. The van der Waals surface area contributed by atoms with Crippen LogP contribution in [0.4, 0.5) is 21.5 Å². The molecule has 1 aliphatic heterocycles. The molecule has 0 saturated heterocycles. The minimum Gasteiger partial charge on any atom is -0.475 e. The van der Waals surface area contributed by atoms with E-state index in [4.69, 9.17) is 16.3 Å². The summed E-state index contributed by atoms with van der Waals surface area (Å²) in [6, 6.07) is 12.3. The van der Waals surface area contributed by atoms with Crippen molar-refractivity contribution >= 4 is 55.5 Å². The zero-order valence-electron chi connectivity index (χ0n) is 25.3. The van der Waals surface area contributed by atoms with E-state index in [1.54, 1.807) is 24.2 Å². The van der Waals surface area contributed by atoms with Crippen LogP contribution in [-0.4, -0.2) is 62.8 Å². The van der Waals surface area contributed by atoms with Crippen LogP contribution in [0.5, 0.6) is 5.88 Å². The Morgan fingerprint density at radius 2 is 1.87 bits per heavy atom. The predicted molar refractivity (Wildman–Crippen MR) is 175 cm³/mol. The van der Waals surface area contributed by atoms with E-state index in [1.165, 1.54) is 18.3 Å². The number of amides is 1. The third-order valence-corrected chi connectivity index (χ3v) is 9.09. The zero-order chi connectivity index (χ0) is 32.1. The first-order valence-corrected chi connectivity index (χ1v) is 16.9. The molecule has 6 rings (SSSR count). The number of rotatable bonds is 10. The number of likely N-dealkylation sites (N-methyl/N-ethyl adjacent to an activating group) is 1. The summed E-state index contributed by atoms with van der Waals surface area (Å²) in [4.78, 5) is 24.2. The average Bonchev–Trinajstić information content (AvgIpc) is 3.18. The van der Waals surface area contributed by atoms with Gasteiger partial charge in [0.25, 0.3) is 0 Å². The molecule has 2 aromatic carbocycles. The van der Waals surface area contributed by atoms with Gasteiger partial charge in [0.2, 0.25) is 21.8 Å². The van der Waals surface area contributed by atoms with E-state index in [9.17, 15) is 13.2 Å². The normalized spacial score (nSPS) is 19.2. The first-order valence-electron chi connectivity index (χ1n) is 14.6. The quantitative estimate of drug-likeness (QED) is 0.197. The van der Waals surface area contributed by atoms with Crippen molar-refractivity contribution in [2.24, 2.45) is 0 Å². The van der Waals surface area contributed by atoms with Crippen LogP contribution in [0.25, 0.3) is 22.0 Å². The van der Waals surface area contributed by atoms with Gasteiger partial charge < -0.3 is 20.3 Å². The molecule has 0 unspecified atom stereocenters. The lowest BCUT2D eigenvalue weighted by molar-refractivity contribution is -0.126. The van der Waals surface area contributed by atoms with E-state index in [0.717, 1.165) is 17.5 Å². The lowest BCUT2D eigenvalue weighted by Gasteiger charge is -2.45. The number of nitrogens with one attached hydrogen (secondary N) is 3. The Morgan fingerprint density at radius 3 is 2.56 bits per heavy atom. The van der Waals surface area contributed by atoms with Crippen LogP contribution in [0.15, 0.2) is 54.9 Å². The lowest BCUT2D eigenvalue weighted by atomic mass is 9.61. The minimum atomic E-state index is -3.69. The van der Waals surface area contributed by atoms with E-state index in [2.05, 4.69) is 25.3 Å². The number of pyridine rings is 2. The standard InChI is InChI=1S/C32H34ClFN6O4S/c1-18(2)35-9-10-44-30-27(39-45(4,42)43)11-19(16-37-30)23-12-24-26(13-25(23)34)36-17-28-29(24)32(31(41)40(28)3)14-22(15-32)38-21-7-5-20(33)6-8-21/h5-8,11-13,16-18,22,35,38-39H,9-10,14-15H2,1-4H3. The molecule has 1 saturated carbocycles. The van der Waals surface area contributed by atoms with Crippen LogP contribution in [0.1, 0.15) is 32.3 Å². The van der Waals surface area contributed by atoms with E-state index in [0.29, 0.717) is 46.6 Å². The fraction of sp³-hybridized carbons (Fsp3) is 0.344. The number of halogens is 2. The lowest BCUT2D eigenvalue weighted by Crippen LogP contribution is -2.53. The predicted octanol–water partition coefficient (Wildman–Crippen LogP) is 5.33. The minimum absolute atomic E-state index is 0.0263. The topological polar surface area (TPSA) is 126 Å². The highest BCUT2D eigenvalue weighted by Gasteiger charge is 2.58.